The number of amides is 2. The summed E-state index contributed by atoms with van der Waals surface area (Å²) in [5.41, 5.74) is 7.20. The van der Waals surface area contributed by atoms with Gasteiger partial charge in [0, 0.05) is 34.3 Å². The number of nitrogens with zero attached hydrogens (tertiary/aromatic N) is 2. The molecule has 0 spiro atoms. The van der Waals surface area contributed by atoms with Crippen LogP contribution in [-0.2, 0) is 5.75 Å². The van der Waals surface area contributed by atoms with Crippen LogP contribution in [0.3, 0.4) is 0 Å². The molecule has 3 rings (SSSR count). The normalized spacial score (nSPS) is 10.5. The van der Waals surface area contributed by atoms with Crippen molar-refractivity contribution in [3.8, 4) is 0 Å². The molecular weight excluding hydrogens is 410 g/mol. The van der Waals surface area contributed by atoms with Crippen LogP contribution in [0.5, 0.6) is 0 Å². The molecule has 0 aliphatic rings. The van der Waals surface area contributed by atoms with Crippen LogP contribution in [0.15, 0.2) is 53.7 Å². The maximum Gasteiger partial charge on any atom is 0.269 e. The second-order valence-corrected chi connectivity index (χ2v) is 7.43. The molecule has 3 aromatic rings. The van der Waals surface area contributed by atoms with E-state index in [4.69, 9.17) is 0 Å². The Morgan fingerprint density at radius 1 is 0.833 bits per heavy atom. The number of benzene rings is 2. The maximum absolute atomic E-state index is 13.2. The summed E-state index contributed by atoms with van der Waals surface area (Å²) in [6, 6.07) is 11.1. The summed E-state index contributed by atoms with van der Waals surface area (Å²) in [5.74, 6) is -2.52. The number of halogens is 2. The highest BCUT2D eigenvalue weighted by molar-refractivity contribution is 7.98. The van der Waals surface area contributed by atoms with Gasteiger partial charge in [-0.3, -0.25) is 20.4 Å². The minimum Gasteiger partial charge on any atom is -0.267 e. The summed E-state index contributed by atoms with van der Waals surface area (Å²) in [5, 5.41) is 0.686. The summed E-state index contributed by atoms with van der Waals surface area (Å²) >= 11 is 1.49. The molecular formula is C21H18F2N4O2S. The summed E-state index contributed by atoms with van der Waals surface area (Å²) in [6.07, 6.45) is 0. The fourth-order valence-electron chi connectivity index (χ4n) is 2.60. The lowest BCUT2D eigenvalue weighted by atomic mass is 10.1. The van der Waals surface area contributed by atoms with Crippen LogP contribution in [-0.4, -0.2) is 21.8 Å². The number of carbonyl (C=O) groups excluding carboxylic acids is 2. The van der Waals surface area contributed by atoms with Gasteiger partial charge in [-0.05, 0) is 49.7 Å². The Hall–Kier alpha value is -3.33. The van der Waals surface area contributed by atoms with E-state index in [-0.39, 0.29) is 5.56 Å². The first kappa shape index (κ1) is 21.4. The monoisotopic (exact) mass is 428 g/mol. The largest absolute Gasteiger partial charge is 0.269 e. The van der Waals surface area contributed by atoms with Crippen molar-refractivity contribution < 1.29 is 18.4 Å². The number of aromatic nitrogens is 2. The highest BCUT2D eigenvalue weighted by Gasteiger charge is 2.12. The van der Waals surface area contributed by atoms with Crippen molar-refractivity contribution >= 4 is 23.6 Å². The van der Waals surface area contributed by atoms with Crippen LogP contribution in [0.1, 0.15) is 37.7 Å². The van der Waals surface area contributed by atoms with E-state index in [9.17, 15) is 18.4 Å². The summed E-state index contributed by atoms with van der Waals surface area (Å²) in [4.78, 5) is 32.9. The van der Waals surface area contributed by atoms with Gasteiger partial charge < -0.3 is 0 Å². The molecule has 0 bridgehead atoms. The van der Waals surface area contributed by atoms with E-state index in [0.717, 1.165) is 29.1 Å². The Bertz CT molecular complexity index is 1050. The fourth-order valence-corrected chi connectivity index (χ4v) is 3.51. The van der Waals surface area contributed by atoms with Gasteiger partial charge in [-0.15, -0.1) is 0 Å². The Balaban J connectivity index is 1.55. The number of hydrazine groups is 1. The molecule has 2 aromatic carbocycles. The van der Waals surface area contributed by atoms with Crippen molar-refractivity contribution in [1.29, 1.82) is 0 Å². The maximum atomic E-state index is 13.2. The predicted octanol–water partition coefficient (Wildman–Crippen LogP) is 3.74. The van der Waals surface area contributed by atoms with E-state index in [1.54, 1.807) is 24.3 Å². The van der Waals surface area contributed by atoms with Gasteiger partial charge in [-0.25, -0.2) is 18.7 Å². The van der Waals surface area contributed by atoms with E-state index in [0.29, 0.717) is 22.5 Å². The van der Waals surface area contributed by atoms with Gasteiger partial charge >= 0.3 is 0 Å². The quantitative estimate of drug-likeness (QED) is 0.368. The average molecular weight is 428 g/mol. The zero-order valence-corrected chi connectivity index (χ0v) is 17.0. The van der Waals surface area contributed by atoms with Crippen LogP contribution in [0.4, 0.5) is 8.78 Å². The standard InChI is InChI=1S/C21H18F2N4O2S/c1-12-7-13(2)25-21(24-12)30-11-14-3-5-15(6-4-14)19(28)26-27-20(29)16-8-17(22)10-18(23)9-16/h3-10H,11H2,1-2H3,(H,26,28)(H,27,29). The van der Waals surface area contributed by atoms with Gasteiger partial charge in [0.2, 0.25) is 0 Å². The zero-order chi connectivity index (χ0) is 21.7. The second kappa shape index (κ2) is 9.45. The van der Waals surface area contributed by atoms with Crippen molar-refractivity contribution in [3.63, 3.8) is 0 Å². The molecule has 9 heteroatoms. The van der Waals surface area contributed by atoms with E-state index in [1.165, 1.54) is 11.8 Å². The van der Waals surface area contributed by atoms with E-state index < -0.39 is 23.4 Å². The van der Waals surface area contributed by atoms with Crippen LogP contribution in [0.25, 0.3) is 0 Å². The number of hydrogen-bond acceptors (Lipinski definition) is 5. The molecule has 154 valence electrons. The van der Waals surface area contributed by atoms with Crippen molar-refractivity contribution in [2.24, 2.45) is 0 Å². The van der Waals surface area contributed by atoms with Gasteiger partial charge in [0.15, 0.2) is 5.16 Å². The minimum atomic E-state index is -0.883. The number of aryl methyl sites for hydroxylation is 2. The third-order valence-corrected chi connectivity index (χ3v) is 4.88. The minimum absolute atomic E-state index is 0.242. The lowest BCUT2D eigenvalue weighted by Gasteiger charge is -2.08. The van der Waals surface area contributed by atoms with E-state index in [2.05, 4.69) is 20.8 Å². The van der Waals surface area contributed by atoms with E-state index in [1.807, 2.05) is 19.9 Å². The molecule has 1 heterocycles. The summed E-state index contributed by atoms with van der Waals surface area (Å²) < 4.78 is 26.4. The Morgan fingerprint density at radius 2 is 1.37 bits per heavy atom. The van der Waals surface area contributed by atoms with Crippen molar-refractivity contribution in [1.82, 2.24) is 20.8 Å². The Labute approximate surface area is 176 Å². The first-order valence-electron chi connectivity index (χ1n) is 8.91. The molecule has 0 fully saturated rings. The molecule has 0 aliphatic carbocycles. The predicted molar refractivity (Wildman–Crippen MR) is 109 cm³/mol. The summed E-state index contributed by atoms with van der Waals surface area (Å²) in [6.45, 7) is 3.82. The topological polar surface area (TPSA) is 84.0 Å². The molecule has 6 nitrogen and oxygen atoms in total. The van der Waals surface area contributed by atoms with Crippen LogP contribution < -0.4 is 10.9 Å². The lowest BCUT2D eigenvalue weighted by Crippen LogP contribution is -2.41. The third kappa shape index (κ3) is 5.84. The zero-order valence-electron chi connectivity index (χ0n) is 16.2. The SMILES string of the molecule is Cc1cc(C)nc(SCc2ccc(C(=O)NNC(=O)c3cc(F)cc(F)c3)cc2)n1. The number of hydrogen-bond donors (Lipinski definition) is 2. The average Bonchev–Trinajstić information content (AvgIpc) is 2.69. The highest BCUT2D eigenvalue weighted by Crippen LogP contribution is 2.20. The fraction of sp³-hybridized carbons (Fsp3) is 0.143. The van der Waals surface area contributed by atoms with E-state index >= 15 is 0 Å². The van der Waals surface area contributed by atoms with Gasteiger partial charge in [0.25, 0.3) is 11.8 Å². The van der Waals surface area contributed by atoms with Crippen molar-refractivity contribution in [3.05, 3.63) is 88.2 Å². The number of carbonyl (C=O) groups is 2. The molecule has 2 amide bonds. The smallest absolute Gasteiger partial charge is 0.267 e. The van der Waals surface area contributed by atoms with Crippen molar-refractivity contribution in [2.75, 3.05) is 0 Å². The first-order chi connectivity index (χ1) is 14.3. The molecule has 2 N–H and O–H groups in total. The molecule has 1 aromatic heterocycles. The summed E-state index contributed by atoms with van der Waals surface area (Å²) in [7, 11) is 0. The second-order valence-electron chi connectivity index (χ2n) is 6.49. The molecule has 0 saturated carbocycles. The third-order valence-electron chi connectivity index (χ3n) is 3.96. The molecule has 30 heavy (non-hydrogen) atoms. The van der Waals surface area contributed by atoms with Crippen molar-refractivity contribution in [2.45, 2.75) is 24.8 Å². The lowest BCUT2D eigenvalue weighted by molar-refractivity contribution is 0.0846. The first-order valence-corrected chi connectivity index (χ1v) is 9.89. The molecule has 0 radical (unpaired) electrons. The van der Waals surface area contributed by atoms with Gasteiger partial charge in [0.05, 0.1) is 0 Å². The molecule has 0 saturated heterocycles. The molecule has 0 unspecified atom stereocenters. The van der Waals surface area contributed by atoms with Gasteiger partial charge in [0.1, 0.15) is 11.6 Å². The Morgan fingerprint density at radius 3 is 1.93 bits per heavy atom. The Kier molecular flexibility index (Phi) is 6.73. The van der Waals surface area contributed by atoms with Gasteiger partial charge in [-0.1, -0.05) is 23.9 Å². The number of rotatable bonds is 5. The highest BCUT2D eigenvalue weighted by atomic mass is 32.2. The van der Waals surface area contributed by atoms with Gasteiger partial charge in [-0.2, -0.15) is 0 Å². The van der Waals surface area contributed by atoms with Crippen LogP contribution >= 0.6 is 11.8 Å². The van der Waals surface area contributed by atoms with Crippen LogP contribution in [0, 0.1) is 25.5 Å². The molecule has 0 aliphatic heterocycles. The van der Waals surface area contributed by atoms with Crippen LogP contribution in [0.2, 0.25) is 0 Å². The number of nitrogens with one attached hydrogen (secondary N) is 2. The number of thioether (sulfide) groups is 1. The molecule has 0 atom stereocenters.